The minimum Gasteiger partial charge on any atom is -0.329 e. The Labute approximate surface area is 126 Å². The fraction of sp³-hybridized carbons (Fsp3) is 0.600. The van der Waals surface area contributed by atoms with E-state index in [-0.39, 0.29) is 11.4 Å². The standard InChI is InChI=1S/C15H23FN2O2S/c1-12-6-5-9-15(10-12,11-17)18(2)21(19,20)14-8-4-3-7-13(14)16/h3-4,7-8,12H,5-6,9-11,17H2,1-2H3. The first-order valence-electron chi connectivity index (χ1n) is 7.27. The van der Waals surface area contributed by atoms with Gasteiger partial charge in [0.1, 0.15) is 10.7 Å². The van der Waals surface area contributed by atoms with Crippen LogP contribution in [-0.2, 0) is 10.0 Å². The largest absolute Gasteiger partial charge is 0.329 e. The van der Waals surface area contributed by atoms with Crippen LogP contribution in [0.5, 0.6) is 0 Å². The first-order valence-corrected chi connectivity index (χ1v) is 8.71. The maximum absolute atomic E-state index is 13.9. The van der Waals surface area contributed by atoms with Crippen molar-refractivity contribution in [1.29, 1.82) is 0 Å². The van der Waals surface area contributed by atoms with Gasteiger partial charge in [-0.1, -0.05) is 31.9 Å². The molecule has 1 aliphatic rings. The molecule has 1 fully saturated rings. The van der Waals surface area contributed by atoms with Crippen LogP contribution in [0.15, 0.2) is 29.2 Å². The minimum absolute atomic E-state index is 0.252. The predicted molar refractivity (Wildman–Crippen MR) is 80.8 cm³/mol. The molecule has 4 nitrogen and oxygen atoms in total. The lowest BCUT2D eigenvalue weighted by Crippen LogP contribution is -2.56. The Balaban J connectivity index is 2.41. The third kappa shape index (κ3) is 2.98. The third-order valence-corrected chi connectivity index (χ3v) is 6.59. The van der Waals surface area contributed by atoms with E-state index >= 15 is 0 Å². The molecule has 1 aromatic carbocycles. The van der Waals surface area contributed by atoms with Crippen molar-refractivity contribution < 1.29 is 12.8 Å². The number of halogens is 1. The van der Waals surface area contributed by atoms with Gasteiger partial charge in [-0.05, 0) is 30.9 Å². The SMILES string of the molecule is CC1CCCC(CN)(N(C)S(=O)(=O)c2ccccc2F)C1. The highest BCUT2D eigenvalue weighted by atomic mass is 32.2. The summed E-state index contributed by atoms with van der Waals surface area (Å²) in [6, 6.07) is 5.48. The number of rotatable bonds is 4. The fourth-order valence-corrected chi connectivity index (χ4v) is 4.90. The zero-order chi connectivity index (χ0) is 15.7. The van der Waals surface area contributed by atoms with Gasteiger partial charge in [0.05, 0.1) is 0 Å². The van der Waals surface area contributed by atoms with Gasteiger partial charge < -0.3 is 5.73 Å². The Hall–Kier alpha value is -0.980. The number of hydrogen-bond acceptors (Lipinski definition) is 3. The zero-order valence-corrected chi connectivity index (χ0v) is 13.4. The van der Waals surface area contributed by atoms with Crippen LogP contribution in [0, 0.1) is 11.7 Å². The molecule has 0 saturated heterocycles. The van der Waals surface area contributed by atoms with Crippen molar-refractivity contribution in [3.05, 3.63) is 30.1 Å². The van der Waals surface area contributed by atoms with E-state index in [0.29, 0.717) is 12.3 Å². The van der Waals surface area contributed by atoms with Crippen LogP contribution in [-0.4, -0.2) is 31.9 Å². The summed E-state index contributed by atoms with van der Waals surface area (Å²) in [5.74, 6) is -0.305. The minimum atomic E-state index is -3.88. The van der Waals surface area contributed by atoms with Gasteiger partial charge in [-0.3, -0.25) is 0 Å². The molecule has 0 aliphatic heterocycles. The van der Waals surface area contributed by atoms with Gasteiger partial charge in [0.2, 0.25) is 10.0 Å². The molecule has 0 spiro atoms. The van der Waals surface area contributed by atoms with Crippen LogP contribution in [0.1, 0.15) is 32.6 Å². The van der Waals surface area contributed by atoms with E-state index in [2.05, 4.69) is 6.92 Å². The summed E-state index contributed by atoms with van der Waals surface area (Å²) in [6.45, 7) is 2.36. The molecule has 2 rings (SSSR count). The van der Waals surface area contributed by atoms with Crippen molar-refractivity contribution in [3.8, 4) is 0 Å². The van der Waals surface area contributed by atoms with Gasteiger partial charge >= 0.3 is 0 Å². The first kappa shape index (κ1) is 16.4. The van der Waals surface area contributed by atoms with Gasteiger partial charge in [-0.15, -0.1) is 0 Å². The van der Waals surface area contributed by atoms with Gasteiger partial charge in [-0.25, -0.2) is 12.8 Å². The van der Waals surface area contributed by atoms with Crippen molar-refractivity contribution in [1.82, 2.24) is 4.31 Å². The van der Waals surface area contributed by atoms with Crippen molar-refractivity contribution in [2.75, 3.05) is 13.6 Å². The molecule has 6 heteroatoms. The highest BCUT2D eigenvalue weighted by molar-refractivity contribution is 7.89. The monoisotopic (exact) mass is 314 g/mol. The molecule has 0 radical (unpaired) electrons. The highest BCUT2D eigenvalue weighted by Crippen LogP contribution is 2.38. The molecule has 118 valence electrons. The Morgan fingerprint density at radius 2 is 2.10 bits per heavy atom. The van der Waals surface area contributed by atoms with E-state index in [1.807, 2.05) is 0 Å². The van der Waals surface area contributed by atoms with Crippen molar-refractivity contribution in [3.63, 3.8) is 0 Å². The summed E-state index contributed by atoms with van der Waals surface area (Å²) in [5.41, 5.74) is 5.30. The summed E-state index contributed by atoms with van der Waals surface area (Å²) in [4.78, 5) is -0.279. The van der Waals surface area contributed by atoms with Gasteiger partial charge in [-0.2, -0.15) is 4.31 Å². The Kier molecular flexibility index (Phi) is 4.70. The predicted octanol–water partition coefficient (Wildman–Crippen LogP) is 2.35. The lowest BCUT2D eigenvalue weighted by Gasteiger charge is -2.45. The number of benzene rings is 1. The molecular weight excluding hydrogens is 291 g/mol. The molecular formula is C15H23FN2O2S. The highest BCUT2D eigenvalue weighted by Gasteiger charge is 2.43. The average Bonchev–Trinajstić information content (AvgIpc) is 2.46. The van der Waals surface area contributed by atoms with Crippen molar-refractivity contribution in [2.45, 2.75) is 43.0 Å². The van der Waals surface area contributed by atoms with E-state index in [0.717, 1.165) is 19.3 Å². The fourth-order valence-electron chi connectivity index (χ4n) is 3.29. The first-order chi connectivity index (χ1) is 9.83. The Morgan fingerprint density at radius 3 is 2.67 bits per heavy atom. The van der Waals surface area contributed by atoms with Crippen LogP contribution >= 0.6 is 0 Å². The molecule has 1 aromatic rings. The lowest BCUT2D eigenvalue weighted by atomic mass is 9.76. The van der Waals surface area contributed by atoms with Crippen molar-refractivity contribution in [2.24, 2.45) is 11.7 Å². The smallest absolute Gasteiger partial charge is 0.246 e. The maximum Gasteiger partial charge on any atom is 0.246 e. The number of nitrogens with zero attached hydrogens (tertiary/aromatic N) is 1. The Bertz CT molecular complexity index is 605. The van der Waals surface area contributed by atoms with Gasteiger partial charge in [0.15, 0.2) is 0 Å². The average molecular weight is 314 g/mol. The van der Waals surface area contributed by atoms with E-state index < -0.39 is 21.4 Å². The molecule has 0 bridgehead atoms. The molecule has 21 heavy (non-hydrogen) atoms. The normalized spacial score (nSPS) is 27.0. The number of likely N-dealkylation sites (N-methyl/N-ethyl adjacent to an activating group) is 1. The van der Waals surface area contributed by atoms with Crippen LogP contribution in [0.25, 0.3) is 0 Å². The zero-order valence-electron chi connectivity index (χ0n) is 12.5. The van der Waals surface area contributed by atoms with Crippen LogP contribution in [0.2, 0.25) is 0 Å². The summed E-state index contributed by atoms with van der Waals surface area (Å²) < 4.78 is 40.7. The molecule has 2 atom stereocenters. The van der Waals surface area contributed by atoms with Crippen LogP contribution < -0.4 is 5.73 Å². The molecule has 0 aromatic heterocycles. The summed E-state index contributed by atoms with van der Waals surface area (Å²) in [7, 11) is -2.36. The second-order valence-electron chi connectivity index (χ2n) is 6.03. The summed E-state index contributed by atoms with van der Waals surface area (Å²) in [5, 5.41) is 0. The molecule has 0 amide bonds. The second kappa shape index (κ2) is 6.02. The van der Waals surface area contributed by atoms with E-state index in [9.17, 15) is 12.8 Å². The van der Waals surface area contributed by atoms with E-state index in [1.165, 1.54) is 35.6 Å². The van der Waals surface area contributed by atoms with E-state index in [4.69, 9.17) is 5.73 Å². The van der Waals surface area contributed by atoms with Crippen LogP contribution in [0.3, 0.4) is 0 Å². The molecule has 1 aliphatic carbocycles. The molecule has 2 N–H and O–H groups in total. The van der Waals surface area contributed by atoms with Crippen LogP contribution in [0.4, 0.5) is 4.39 Å². The number of sulfonamides is 1. The quantitative estimate of drug-likeness (QED) is 0.928. The summed E-state index contributed by atoms with van der Waals surface area (Å²) in [6.07, 6.45) is 3.45. The molecule has 0 heterocycles. The van der Waals surface area contributed by atoms with Gasteiger partial charge in [0, 0.05) is 19.1 Å². The number of nitrogens with two attached hydrogens (primary N) is 1. The topological polar surface area (TPSA) is 63.4 Å². The third-order valence-electron chi connectivity index (χ3n) is 4.59. The maximum atomic E-state index is 13.9. The second-order valence-corrected chi connectivity index (χ2v) is 7.97. The summed E-state index contributed by atoms with van der Waals surface area (Å²) >= 11 is 0. The van der Waals surface area contributed by atoms with Crippen molar-refractivity contribution >= 4 is 10.0 Å². The molecule has 2 unspecified atom stereocenters. The van der Waals surface area contributed by atoms with Gasteiger partial charge in [0.25, 0.3) is 0 Å². The molecule has 1 saturated carbocycles. The Morgan fingerprint density at radius 1 is 1.43 bits per heavy atom. The lowest BCUT2D eigenvalue weighted by molar-refractivity contribution is 0.127. The number of hydrogen-bond donors (Lipinski definition) is 1. The van der Waals surface area contributed by atoms with E-state index in [1.54, 1.807) is 0 Å².